The van der Waals surface area contributed by atoms with Crippen LogP contribution in [0.3, 0.4) is 0 Å². The van der Waals surface area contributed by atoms with Gasteiger partial charge in [-0.3, -0.25) is 0 Å². The molecule has 0 bridgehead atoms. The van der Waals surface area contributed by atoms with E-state index in [1.165, 1.54) is 29.8 Å². The molecule has 0 saturated heterocycles. The maximum absolute atomic E-state index is 14.7. The number of rotatable bonds is 6. The van der Waals surface area contributed by atoms with Crippen molar-refractivity contribution in [1.82, 2.24) is 15.0 Å². The second-order valence-corrected chi connectivity index (χ2v) is 26.2. The molecule has 0 fully saturated rings. The highest BCUT2D eigenvalue weighted by molar-refractivity contribution is 6.12. The van der Waals surface area contributed by atoms with Crippen LogP contribution in [0.25, 0.3) is 133 Å². The van der Waals surface area contributed by atoms with Crippen LogP contribution in [0.1, 0.15) is 69.9 Å². The van der Waals surface area contributed by atoms with E-state index in [4.69, 9.17) is 28.2 Å². The van der Waals surface area contributed by atoms with Crippen molar-refractivity contribution in [1.29, 1.82) is 0 Å². The number of fused-ring (bicyclic) bond motifs is 9. The number of nitrogens with zero attached hydrogens (tertiary/aromatic N) is 6. The molecule has 0 N–H and O–H groups in total. The highest BCUT2D eigenvalue weighted by atomic mass is 19.1. The van der Waals surface area contributed by atoms with Crippen LogP contribution < -0.4 is 13.7 Å². The molecule has 94 heavy (non-hydrogen) atoms. The topological polar surface area (TPSA) is 89.7 Å². The van der Waals surface area contributed by atoms with Crippen molar-refractivity contribution < 1.29 is 48.9 Å². The van der Waals surface area contributed by atoms with E-state index in [0.717, 1.165) is 113 Å². The number of pyridine rings is 3. The highest BCUT2D eigenvalue weighted by Crippen LogP contribution is 2.42. The summed E-state index contributed by atoms with van der Waals surface area (Å²) in [7, 11) is 5.96. The van der Waals surface area contributed by atoms with E-state index in [0.29, 0.717) is 38.7 Å². The van der Waals surface area contributed by atoms with Crippen LogP contribution in [0, 0.1) is 49.9 Å². The van der Waals surface area contributed by atoms with Gasteiger partial charge >= 0.3 is 0 Å². The lowest BCUT2D eigenvalue weighted by atomic mass is 9.93. The lowest BCUT2D eigenvalue weighted by Crippen LogP contribution is -2.31. The van der Waals surface area contributed by atoms with E-state index >= 15 is 0 Å². The standard InChI is InChI=1S/C30H31F2N4O.C25H18F2NO.C25H19FNO/c1-16-9-11-19-24-20(32)13-18(31)14-22(24)37-25(19)23(16)21-12-10-17(15-36(21)8)26-33-27(29(2,3)4)35-28(34-26)30(5,6)7;1-15-8-10-19-24-20(27)12-18(26)13-22(24)29-25(19)23(15)21-11-9-17(14-28(21)2)16-6-4-3-5-7-16;1-16-8-11-21-20-12-10-19(26)14-23(20)28-25(21)24(16)22-13-9-18(15-27(22)2)17-6-4-3-5-7-17/h9-15H,1-8H3;3-14H,1-2H3;3-15H,1-2H3/q3*+1. The SMILES string of the molecule is Cc1ccc2c(oc3cc(F)cc(F)c32)c1-c1ccc(-c2ccccc2)c[n+]1C.Cc1ccc2c(oc3cc(F)cc(F)c32)c1-c1ccc(-c2nc(C(C)(C)C)nc(C(C)(C)C)n2)c[n+]1C.Cc1ccc2c(oc3cc(F)ccc32)c1-c1ccc(-c2ccccc2)c[n+]1C. The largest absolute Gasteiger partial charge is 0.455 e. The van der Waals surface area contributed by atoms with E-state index in [1.54, 1.807) is 6.07 Å². The van der Waals surface area contributed by atoms with Gasteiger partial charge in [0.1, 0.15) is 95.4 Å². The van der Waals surface area contributed by atoms with Gasteiger partial charge in [0, 0.05) is 92.0 Å². The number of furan rings is 3. The van der Waals surface area contributed by atoms with Gasteiger partial charge in [-0.1, -0.05) is 139 Å². The van der Waals surface area contributed by atoms with E-state index in [9.17, 15) is 22.0 Å². The molecule has 0 saturated carbocycles. The van der Waals surface area contributed by atoms with Gasteiger partial charge in [0.05, 0.1) is 33.0 Å². The van der Waals surface area contributed by atoms with Gasteiger partial charge in [-0.25, -0.2) is 50.6 Å². The molecule has 0 aliphatic heterocycles. The van der Waals surface area contributed by atoms with Crippen LogP contribution in [0.15, 0.2) is 208 Å². The average molecular weight is 1260 g/mol. The summed E-state index contributed by atoms with van der Waals surface area (Å²) in [5.74, 6) is -0.757. The number of aryl methyl sites for hydroxylation is 6. The van der Waals surface area contributed by atoms with Crippen molar-refractivity contribution in [3.05, 3.63) is 252 Å². The normalized spacial score (nSPS) is 11.9. The molecule has 0 aliphatic rings. The van der Waals surface area contributed by atoms with Gasteiger partial charge in [0.15, 0.2) is 24.4 Å². The molecule has 468 valence electrons. The molecule has 14 heteroatoms. The molecule has 0 atom stereocenters. The fourth-order valence-corrected chi connectivity index (χ4v) is 12.4. The molecule has 7 heterocycles. The Morgan fingerprint density at radius 1 is 0.340 bits per heavy atom. The third-order valence-corrected chi connectivity index (χ3v) is 17.2. The predicted octanol–water partition coefficient (Wildman–Crippen LogP) is 19.6. The Morgan fingerprint density at radius 3 is 1.12 bits per heavy atom. The maximum Gasteiger partial charge on any atom is 0.216 e. The first kappa shape index (κ1) is 62.1. The lowest BCUT2D eigenvalue weighted by molar-refractivity contribution is -0.660. The fraction of sp³-hybridized carbons (Fsp3) is 0.175. The summed E-state index contributed by atoms with van der Waals surface area (Å²) in [4.78, 5) is 14.4. The maximum atomic E-state index is 14.7. The quantitative estimate of drug-likeness (QED) is 0.122. The first-order valence-electron chi connectivity index (χ1n) is 31.0. The van der Waals surface area contributed by atoms with Gasteiger partial charge in [0.2, 0.25) is 17.1 Å². The fourth-order valence-electron chi connectivity index (χ4n) is 12.4. The molecule has 15 aromatic rings. The molecule has 9 nitrogen and oxygen atoms in total. The van der Waals surface area contributed by atoms with Crippen molar-refractivity contribution >= 4 is 65.8 Å². The zero-order chi connectivity index (χ0) is 66.2. The van der Waals surface area contributed by atoms with Gasteiger partial charge in [-0.05, 0) is 78.9 Å². The summed E-state index contributed by atoms with van der Waals surface area (Å²) in [6.07, 6.45) is 6.17. The van der Waals surface area contributed by atoms with Gasteiger partial charge < -0.3 is 13.3 Å². The van der Waals surface area contributed by atoms with Crippen LogP contribution >= 0.6 is 0 Å². The molecule has 0 radical (unpaired) electrons. The second kappa shape index (κ2) is 24.1. The zero-order valence-electron chi connectivity index (χ0n) is 54.3. The Labute approximate surface area is 540 Å². The van der Waals surface area contributed by atoms with E-state index in [1.807, 2.05) is 129 Å². The predicted molar refractivity (Wildman–Crippen MR) is 362 cm³/mol. The second-order valence-electron chi connectivity index (χ2n) is 26.2. The van der Waals surface area contributed by atoms with E-state index in [-0.39, 0.29) is 33.2 Å². The molecule has 8 aromatic carbocycles. The summed E-state index contributed by atoms with van der Waals surface area (Å²) in [6.45, 7) is 18.6. The number of hydrogen-bond acceptors (Lipinski definition) is 6. The Bertz CT molecular complexity index is 5460. The highest BCUT2D eigenvalue weighted by Gasteiger charge is 2.29. The van der Waals surface area contributed by atoms with Crippen LogP contribution in [0.5, 0.6) is 0 Å². The average Bonchev–Trinajstić information content (AvgIpc) is 1.60. The molecule has 0 unspecified atom stereocenters. The van der Waals surface area contributed by atoms with Gasteiger partial charge in [-0.15, -0.1) is 0 Å². The molecular formula is C80H68F5N6O3+3. The van der Waals surface area contributed by atoms with Crippen LogP contribution in [-0.4, -0.2) is 15.0 Å². The van der Waals surface area contributed by atoms with Crippen molar-refractivity contribution in [2.45, 2.75) is 73.1 Å². The molecule has 7 aromatic heterocycles. The minimum atomic E-state index is -0.668. The third kappa shape index (κ3) is 11.6. The van der Waals surface area contributed by atoms with Crippen molar-refractivity contribution in [3.63, 3.8) is 0 Å². The number of halogens is 5. The van der Waals surface area contributed by atoms with Crippen LogP contribution in [0.4, 0.5) is 22.0 Å². The first-order chi connectivity index (χ1) is 44.9. The molecule has 15 rings (SSSR count). The Balaban J connectivity index is 0.000000130. The summed E-state index contributed by atoms with van der Waals surface area (Å²) < 4.78 is 94.6. The number of benzene rings is 8. The van der Waals surface area contributed by atoms with Gasteiger partial charge in [0.25, 0.3) is 0 Å². The van der Waals surface area contributed by atoms with Gasteiger partial charge in [-0.2, -0.15) is 0 Å². The van der Waals surface area contributed by atoms with Crippen molar-refractivity contribution in [2.75, 3.05) is 0 Å². The molecular weight excluding hydrogens is 1190 g/mol. The number of hydrogen-bond donors (Lipinski definition) is 0. The van der Waals surface area contributed by atoms with E-state index in [2.05, 4.69) is 120 Å². The molecule has 0 amide bonds. The minimum absolute atomic E-state index is 0.188. The Morgan fingerprint density at radius 2 is 0.702 bits per heavy atom. The molecule has 0 spiro atoms. The van der Waals surface area contributed by atoms with Crippen molar-refractivity contribution in [3.8, 4) is 67.4 Å². The van der Waals surface area contributed by atoms with Crippen LogP contribution in [-0.2, 0) is 32.0 Å². The Kier molecular flexibility index (Phi) is 15.9. The van der Waals surface area contributed by atoms with E-state index < -0.39 is 23.3 Å². The van der Waals surface area contributed by atoms with Crippen LogP contribution in [0.2, 0.25) is 0 Å². The minimum Gasteiger partial charge on any atom is -0.455 e. The first-order valence-corrected chi connectivity index (χ1v) is 31.0. The number of aromatic nitrogens is 6. The summed E-state index contributed by atoms with van der Waals surface area (Å²) >= 11 is 0. The zero-order valence-corrected chi connectivity index (χ0v) is 54.3. The smallest absolute Gasteiger partial charge is 0.216 e. The van der Waals surface area contributed by atoms with Crippen molar-refractivity contribution in [2.24, 2.45) is 21.1 Å². The summed E-state index contributed by atoms with van der Waals surface area (Å²) in [6, 6.07) is 53.4. The third-order valence-electron chi connectivity index (χ3n) is 17.2. The molecule has 0 aliphatic carbocycles. The lowest BCUT2D eigenvalue weighted by Gasteiger charge is -2.22. The Hall–Kier alpha value is -10.7. The monoisotopic (exact) mass is 1260 g/mol. The summed E-state index contributed by atoms with van der Waals surface area (Å²) in [5, 5.41) is 3.78. The summed E-state index contributed by atoms with van der Waals surface area (Å²) in [5.41, 5.74) is 16.5.